The summed E-state index contributed by atoms with van der Waals surface area (Å²) in [6, 6.07) is 3.18. The number of aliphatic imine (C=N–C) groups is 1. The summed E-state index contributed by atoms with van der Waals surface area (Å²) in [6.07, 6.45) is 0. The molecule has 5 heteroatoms. The third-order valence-corrected chi connectivity index (χ3v) is 2.46. The van der Waals surface area contributed by atoms with Crippen LogP contribution < -0.4 is 10.1 Å². The summed E-state index contributed by atoms with van der Waals surface area (Å²) in [5.74, 6) is 0.144. The predicted molar refractivity (Wildman–Crippen MR) is 70.5 cm³/mol. The van der Waals surface area contributed by atoms with Gasteiger partial charge in [-0.3, -0.25) is 9.79 Å². The molecule has 17 heavy (non-hydrogen) atoms. The van der Waals surface area contributed by atoms with Crippen LogP contribution >= 0.6 is 11.6 Å². The van der Waals surface area contributed by atoms with Crippen LogP contribution in [0.2, 0.25) is 0 Å². The number of hydrogen-bond donors (Lipinski definition) is 1. The normalized spacial score (nSPS) is 9.59. The van der Waals surface area contributed by atoms with Gasteiger partial charge < -0.3 is 10.1 Å². The molecule has 90 valence electrons. The van der Waals surface area contributed by atoms with E-state index in [1.54, 1.807) is 12.1 Å². The van der Waals surface area contributed by atoms with Crippen LogP contribution in [0.4, 0.5) is 5.69 Å². The van der Waals surface area contributed by atoms with Gasteiger partial charge in [-0.25, -0.2) is 0 Å². The largest absolute Gasteiger partial charge is 0.496 e. The van der Waals surface area contributed by atoms with Crippen molar-refractivity contribution < 1.29 is 9.53 Å². The summed E-state index contributed by atoms with van der Waals surface area (Å²) in [5, 5.41) is 2.81. The van der Waals surface area contributed by atoms with Crippen molar-refractivity contribution in [3.8, 4) is 5.75 Å². The number of halogens is 1. The number of carbonyl (C=O) groups excluding carboxylic acids is 1. The standard InChI is InChI=1S/C12H13ClN2O2/c1-7(13)8-5-9(12(16)15-3)11(17-4)6-10(8)14-2/h5-6H,1-2H2,3-4H3,(H,15,16). The van der Waals surface area contributed by atoms with E-state index >= 15 is 0 Å². The molecule has 0 spiro atoms. The molecule has 1 aromatic rings. The Hall–Kier alpha value is -1.81. The van der Waals surface area contributed by atoms with E-state index in [4.69, 9.17) is 16.3 Å². The van der Waals surface area contributed by atoms with Crippen molar-refractivity contribution >= 4 is 34.9 Å². The van der Waals surface area contributed by atoms with Crippen molar-refractivity contribution in [1.29, 1.82) is 0 Å². The number of hydrogen-bond acceptors (Lipinski definition) is 3. The molecular formula is C12H13ClN2O2. The molecule has 0 saturated carbocycles. The van der Waals surface area contributed by atoms with Gasteiger partial charge in [-0.15, -0.1) is 0 Å². The maximum atomic E-state index is 11.7. The lowest BCUT2D eigenvalue weighted by atomic mass is 10.1. The van der Waals surface area contributed by atoms with Gasteiger partial charge in [-0.2, -0.15) is 0 Å². The van der Waals surface area contributed by atoms with E-state index in [9.17, 15) is 4.79 Å². The van der Waals surface area contributed by atoms with Crippen molar-refractivity contribution in [2.24, 2.45) is 4.99 Å². The van der Waals surface area contributed by atoms with Crippen molar-refractivity contribution in [1.82, 2.24) is 5.32 Å². The quantitative estimate of drug-likeness (QED) is 0.838. The lowest BCUT2D eigenvalue weighted by Gasteiger charge is -2.11. The van der Waals surface area contributed by atoms with Crippen LogP contribution in [0.3, 0.4) is 0 Å². The number of ether oxygens (including phenoxy) is 1. The summed E-state index contributed by atoms with van der Waals surface area (Å²) in [4.78, 5) is 15.5. The monoisotopic (exact) mass is 252 g/mol. The van der Waals surface area contributed by atoms with E-state index in [1.165, 1.54) is 14.2 Å². The van der Waals surface area contributed by atoms with E-state index in [2.05, 4.69) is 23.6 Å². The molecular weight excluding hydrogens is 240 g/mol. The minimum atomic E-state index is -0.267. The maximum absolute atomic E-state index is 11.7. The van der Waals surface area contributed by atoms with Crippen molar-refractivity contribution in [2.75, 3.05) is 14.2 Å². The van der Waals surface area contributed by atoms with Crippen molar-refractivity contribution in [3.05, 3.63) is 29.8 Å². The number of nitrogens with zero attached hydrogens (tertiary/aromatic N) is 1. The van der Waals surface area contributed by atoms with Gasteiger partial charge in [0, 0.05) is 23.7 Å². The third kappa shape index (κ3) is 2.65. The number of methoxy groups -OCH3 is 1. The highest BCUT2D eigenvalue weighted by Gasteiger charge is 2.15. The Kier molecular flexibility index (Phi) is 4.29. The zero-order chi connectivity index (χ0) is 13.0. The van der Waals surface area contributed by atoms with E-state index < -0.39 is 0 Å². The molecule has 4 nitrogen and oxygen atoms in total. The van der Waals surface area contributed by atoms with E-state index in [-0.39, 0.29) is 5.91 Å². The van der Waals surface area contributed by atoms with Crippen LogP contribution in [0.25, 0.3) is 5.03 Å². The SMILES string of the molecule is C=Nc1cc(OC)c(C(=O)NC)cc1C(=C)Cl. The average molecular weight is 253 g/mol. The minimum absolute atomic E-state index is 0.267. The lowest BCUT2D eigenvalue weighted by molar-refractivity contribution is 0.0960. The first-order valence-corrected chi connectivity index (χ1v) is 5.18. The Labute approximate surface area is 105 Å². The second-order valence-corrected chi connectivity index (χ2v) is 3.67. The van der Waals surface area contributed by atoms with Gasteiger partial charge in [0.25, 0.3) is 5.91 Å². The summed E-state index contributed by atoms with van der Waals surface area (Å²) in [5.41, 5.74) is 1.45. The molecule has 0 radical (unpaired) electrons. The van der Waals surface area contributed by atoms with Gasteiger partial charge >= 0.3 is 0 Å². The van der Waals surface area contributed by atoms with Crippen LogP contribution in [0.15, 0.2) is 23.7 Å². The van der Waals surface area contributed by atoms with Crippen LogP contribution in [-0.4, -0.2) is 26.8 Å². The fourth-order valence-electron chi connectivity index (χ4n) is 1.40. The summed E-state index contributed by atoms with van der Waals surface area (Å²) in [6.45, 7) is 7.06. The highest BCUT2D eigenvalue weighted by molar-refractivity contribution is 6.48. The first kappa shape index (κ1) is 13.3. The minimum Gasteiger partial charge on any atom is -0.496 e. The first-order valence-electron chi connectivity index (χ1n) is 4.80. The zero-order valence-corrected chi connectivity index (χ0v) is 10.5. The van der Waals surface area contributed by atoms with Crippen molar-refractivity contribution in [3.63, 3.8) is 0 Å². The topological polar surface area (TPSA) is 50.7 Å². The Balaban J connectivity index is 3.49. The third-order valence-electron chi connectivity index (χ3n) is 2.25. The van der Waals surface area contributed by atoms with E-state index in [1.807, 2.05) is 0 Å². The number of amides is 1. The fraction of sp³-hybridized carbons (Fsp3) is 0.167. The first-order chi connectivity index (χ1) is 8.04. The molecule has 1 aromatic carbocycles. The smallest absolute Gasteiger partial charge is 0.254 e. The Bertz CT molecular complexity index is 484. The molecule has 0 aromatic heterocycles. The summed E-state index contributed by atoms with van der Waals surface area (Å²) in [7, 11) is 3.01. The van der Waals surface area contributed by atoms with Gasteiger partial charge in [-0.1, -0.05) is 18.2 Å². The molecule has 0 aliphatic carbocycles. The maximum Gasteiger partial charge on any atom is 0.254 e. The molecule has 1 N–H and O–H groups in total. The van der Waals surface area contributed by atoms with Gasteiger partial charge in [0.05, 0.1) is 18.4 Å². The molecule has 0 atom stereocenters. The average Bonchev–Trinajstić information content (AvgIpc) is 2.35. The Morgan fingerprint density at radius 1 is 1.47 bits per heavy atom. The highest BCUT2D eigenvalue weighted by Crippen LogP contribution is 2.34. The number of nitrogens with one attached hydrogen (secondary N) is 1. The number of carbonyl (C=O) groups is 1. The van der Waals surface area contributed by atoms with E-state index in [0.717, 1.165) is 0 Å². The van der Waals surface area contributed by atoms with Crippen LogP contribution in [0.1, 0.15) is 15.9 Å². The predicted octanol–water partition coefficient (Wildman–Crippen LogP) is 2.60. The number of rotatable bonds is 4. The molecule has 0 heterocycles. The second kappa shape index (κ2) is 5.50. The van der Waals surface area contributed by atoms with Gasteiger partial charge in [0.2, 0.25) is 0 Å². The molecule has 0 bridgehead atoms. The highest BCUT2D eigenvalue weighted by atomic mass is 35.5. The van der Waals surface area contributed by atoms with E-state index in [0.29, 0.717) is 27.6 Å². The molecule has 1 rings (SSSR count). The number of benzene rings is 1. The molecule has 1 amide bonds. The molecule has 0 aliphatic heterocycles. The van der Waals surface area contributed by atoms with Gasteiger partial charge in [0.1, 0.15) is 5.75 Å². The molecule has 0 fully saturated rings. The fourth-order valence-corrected chi connectivity index (χ4v) is 1.55. The molecule has 0 unspecified atom stereocenters. The molecule has 0 aliphatic rings. The van der Waals surface area contributed by atoms with Gasteiger partial charge in [0.15, 0.2) is 0 Å². The van der Waals surface area contributed by atoms with Crippen LogP contribution in [0, 0.1) is 0 Å². The Morgan fingerprint density at radius 2 is 2.12 bits per heavy atom. The lowest BCUT2D eigenvalue weighted by Crippen LogP contribution is -2.18. The van der Waals surface area contributed by atoms with Gasteiger partial charge in [-0.05, 0) is 12.8 Å². The van der Waals surface area contributed by atoms with Crippen LogP contribution in [-0.2, 0) is 0 Å². The summed E-state index contributed by atoms with van der Waals surface area (Å²) < 4.78 is 5.12. The van der Waals surface area contributed by atoms with Crippen LogP contribution in [0.5, 0.6) is 5.75 Å². The Morgan fingerprint density at radius 3 is 2.53 bits per heavy atom. The second-order valence-electron chi connectivity index (χ2n) is 3.21. The van der Waals surface area contributed by atoms with Crippen molar-refractivity contribution in [2.45, 2.75) is 0 Å². The zero-order valence-electron chi connectivity index (χ0n) is 9.71. The molecule has 0 saturated heterocycles. The summed E-state index contributed by atoms with van der Waals surface area (Å²) >= 11 is 5.85.